The largest absolute Gasteiger partial charge is 0.388 e. The fourth-order valence-corrected chi connectivity index (χ4v) is 3.32. The van der Waals surface area contributed by atoms with E-state index in [1.165, 1.54) is 25.7 Å². The summed E-state index contributed by atoms with van der Waals surface area (Å²) in [6.45, 7) is 3.80. The van der Waals surface area contributed by atoms with Crippen molar-refractivity contribution in [2.75, 3.05) is 6.61 Å². The van der Waals surface area contributed by atoms with E-state index in [1.807, 2.05) is 6.08 Å². The minimum atomic E-state index is -1.15. The van der Waals surface area contributed by atoms with Crippen molar-refractivity contribution in [1.82, 2.24) is 0 Å². The molecule has 2 N–H and O–H groups in total. The quantitative estimate of drug-likeness (QED) is 0.416. The molecule has 0 bridgehead atoms. The van der Waals surface area contributed by atoms with Gasteiger partial charge in [-0.05, 0) is 37.5 Å². The van der Waals surface area contributed by atoms with Crippen LogP contribution < -0.4 is 0 Å². The molecule has 0 amide bonds. The van der Waals surface area contributed by atoms with Crippen LogP contribution in [0.3, 0.4) is 0 Å². The summed E-state index contributed by atoms with van der Waals surface area (Å²) in [5.41, 5.74) is 0. The summed E-state index contributed by atoms with van der Waals surface area (Å²) in [6.07, 6.45) is 14.3. The van der Waals surface area contributed by atoms with E-state index in [1.54, 1.807) is 6.08 Å². The van der Waals surface area contributed by atoms with Gasteiger partial charge in [0.2, 0.25) is 0 Å². The fraction of sp³-hybridized carbons (Fsp3) is 0.714. The molecule has 0 spiro atoms. The Kier molecular flexibility index (Phi) is 10.6. The Morgan fingerprint density at radius 1 is 1.32 bits per heavy atom. The fourth-order valence-electron chi connectivity index (χ4n) is 3.32. The maximum Gasteiger partial charge on any atom is 0.186 e. The summed E-state index contributed by atoms with van der Waals surface area (Å²) in [5.74, 6) is 0.610. The lowest BCUT2D eigenvalue weighted by molar-refractivity contribution is -0.129. The van der Waals surface area contributed by atoms with Crippen molar-refractivity contribution < 1.29 is 19.8 Å². The molecular weight excluding hydrogens is 316 g/mol. The molecule has 1 fully saturated rings. The zero-order valence-corrected chi connectivity index (χ0v) is 15.7. The minimum absolute atomic E-state index is 0.0148. The van der Waals surface area contributed by atoms with E-state index in [-0.39, 0.29) is 12.3 Å². The first-order valence-corrected chi connectivity index (χ1v) is 9.67. The molecule has 4 atom stereocenters. The van der Waals surface area contributed by atoms with E-state index in [0.717, 1.165) is 6.42 Å². The van der Waals surface area contributed by atoms with Gasteiger partial charge in [-0.3, -0.25) is 9.59 Å². The van der Waals surface area contributed by atoms with Gasteiger partial charge in [0.1, 0.15) is 18.5 Å². The number of Topliss-reactive ketones (excluding diaryl/α,β-unsaturated/α-hetero) is 2. The molecule has 1 aliphatic carbocycles. The van der Waals surface area contributed by atoms with Crippen molar-refractivity contribution >= 4 is 11.6 Å². The number of carbonyl (C=O) groups excluding carboxylic acids is 2. The first-order valence-electron chi connectivity index (χ1n) is 9.67. The summed E-state index contributed by atoms with van der Waals surface area (Å²) >= 11 is 0. The summed E-state index contributed by atoms with van der Waals surface area (Å²) in [4.78, 5) is 23.2. The predicted octanol–water partition coefficient (Wildman–Crippen LogP) is 3.61. The highest BCUT2D eigenvalue weighted by Gasteiger charge is 2.31. The molecule has 0 saturated heterocycles. The van der Waals surface area contributed by atoms with Gasteiger partial charge in [0.05, 0.1) is 0 Å². The molecule has 0 aromatic rings. The van der Waals surface area contributed by atoms with E-state index in [9.17, 15) is 14.7 Å². The van der Waals surface area contributed by atoms with Crippen molar-refractivity contribution in [3.63, 3.8) is 0 Å². The molecule has 0 aliphatic heterocycles. The van der Waals surface area contributed by atoms with Gasteiger partial charge in [-0.2, -0.15) is 0 Å². The molecule has 1 saturated carbocycles. The Bertz CT molecular complexity index is 467. The van der Waals surface area contributed by atoms with Gasteiger partial charge in [-0.1, -0.05) is 57.4 Å². The first-order chi connectivity index (χ1) is 12.0. The van der Waals surface area contributed by atoms with Crippen molar-refractivity contribution in [2.45, 2.75) is 71.3 Å². The van der Waals surface area contributed by atoms with E-state index < -0.39 is 18.5 Å². The molecule has 0 aromatic carbocycles. The SMILES string of the molecule is CCCCC[C@@H](C)/C=C/[C@H]1CCC(=O)[C@@H]1C/C=C\CC(O)C(=O)CO. The molecule has 1 aliphatic rings. The van der Waals surface area contributed by atoms with Crippen LogP contribution in [0.2, 0.25) is 0 Å². The van der Waals surface area contributed by atoms with Crippen LogP contribution in [0.15, 0.2) is 24.3 Å². The summed E-state index contributed by atoms with van der Waals surface area (Å²) in [6, 6.07) is 0. The lowest BCUT2D eigenvalue weighted by Gasteiger charge is -2.14. The standard InChI is InChI=1S/C21H34O4/c1-3-4-5-8-16(2)11-12-17-13-14-19(23)18(17)9-6-7-10-20(24)21(25)15-22/h6-7,11-12,16-18,20,22,24H,3-5,8-10,13-15H2,1-2H3/b7-6-,12-11+/t16-,17+,18-,20?/m1/s1. The van der Waals surface area contributed by atoms with Crippen LogP contribution in [0, 0.1) is 17.8 Å². The van der Waals surface area contributed by atoms with E-state index >= 15 is 0 Å². The molecule has 1 rings (SSSR count). The van der Waals surface area contributed by atoms with Crippen molar-refractivity contribution in [3.8, 4) is 0 Å². The van der Waals surface area contributed by atoms with Crippen LogP contribution in [-0.4, -0.2) is 34.5 Å². The van der Waals surface area contributed by atoms with Gasteiger partial charge in [-0.15, -0.1) is 0 Å². The van der Waals surface area contributed by atoms with E-state index in [0.29, 0.717) is 30.5 Å². The highest BCUT2D eigenvalue weighted by atomic mass is 16.3. The van der Waals surface area contributed by atoms with Gasteiger partial charge in [-0.25, -0.2) is 0 Å². The van der Waals surface area contributed by atoms with Gasteiger partial charge in [0.15, 0.2) is 5.78 Å². The molecule has 25 heavy (non-hydrogen) atoms. The lowest BCUT2D eigenvalue weighted by Crippen LogP contribution is -2.22. The van der Waals surface area contributed by atoms with Crippen LogP contribution in [-0.2, 0) is 9.59 Å². The van der Waals surface area contributed by atoms with Gasteiger partial charge in [0.25, 0.3) is 0 Å². The molecule has 4 nitrogen and oxygen atoms in total. The molecule has 0 aromatic heterocycles. The second kappa shape index (κ2) is 12.2. The topological polar surface area (TPSA) is 74.6 Å². The number of rotatable bonds is 12. The van der Waals surface area contributed by atoms with Crippen LogP contribution in [0.5, 0.6) is 0 Å². The number of hydrogen-bond acceptors (Lipinski definition) is 4. The molecule has 0 radical (unpaired) electrons. The third kappa shape index (κ3) is 8.10. The van der Waals surface area contributed by atoms with E-state index in [4.69, 9.17) is 5.11 Å². The van der Waals surface area contributed by atoms with Crippen LogP contribution >= 0.6 is 0 Å². The third-order valence-corrected chi connectivity index (χ3v) is 5.05. The van der Waals surface area contributed by atoms with Crippen molar-refractivity contribution in [2.24, 2.45) is 17.8 Å². The zero-order chi connectivity index (χ0) is 18.7. The number of aliphatic hydroxyl groups excluding tert-OH is 2. The second-order valence-electron chi connectivity index (χ2n) is 7.22. The molecular formula is C21H34O4. The number of ketones is 2. The van der Waals surface area contributed by atoms with Gasteiger partial charge < -0.3 is 10.2 Å². The maximum atomic E-state index is 12.1. The Labute approximate surface area is 152 Å². The Balaban J connectivity index is 2.45. The Morgan fingerprint density at radius 2 is 2.08 bits per heavy atom. The van der Waals surface area contributed by atoms with Gasteiger partial charge in [0, 0.05) is 12.3 Å². The molecule has 142 valence electrons. The monoisotopic (exact) mass is 350 g/mol. The number of aliphatic hydroxyl groups is 2. The first kappa shape index (κ1) is 21.8. The van der Waals surface area contributed by atoms with Crippen molar-refractivity contribution in [3.05, 3.63) is 24.3 Å². The average molecular weight is 350 g/mol. The third-order valence-electron chi connectivity index (χ3n) is 5.05. The second-order valence-corrected chi connectivity index (χ2v) is 7.22. The smallest absolute Gasteiger partial charge is 0.186 e. The molecule has 1 unspecified atom stereocenters. The van der Waals surface area contributed by atoms with Crippen LogP contribution in [0.4, 0.5) is 0 Å². The highest BCUT2D eigenvalue weighted by Crippen LogP contribution is 2.33. The predicted molar refractivity (Wildman–Crippen MR) is 100 cm³/mol. The Hall–Kier alpha value is -1.26. The zero-order valence-electron chi connectivity index (χ0n) is 15.7. The number of hydrogen-bond donors (Lipinski definition) is 2. The van der Waals surface area contributed by atoms with Crippen LogP contribution in [0.1, 0.15) is 65.2 Å². The number of allylic oxidation sites excluding steroid dienone is 3. The highest BCUT2D eigenvalue weighted by molar-refractivity contribution is 5.84. The molecule has 4 heteroatoms. The average Bonchev–Trinajstić information content (AvgIpc) is 2.96. The maximum absolute atomic E-state index is 12.1. The van der Waals surface area contributed by atoms with Crippen LogP contribution in [0.25, 0.3) is 0 Å². The van der Waals surface area contributed by atoms with Crippen molar-refractivity contribution in [1.29, 1.82) is 0 Å². The summed E-state index contributed by atoms with van der Waals surface area (Å²) < 4.78 is 0. The normalized spacial score (nSPS) is 23.6. The summed E-state index contributed by atoms with van der Waals surface area (Å²) in [5, 5.41) is 18.2. The lowest BCUT2D eigenvalue weighted by atomic mass is 9.90. The molecule has 0 heterocycles. The Morgan fingerprint density at radius 3 is 2.76 bits per heavy atom. The van der Waals surface area contributed by atoms with Gasteiger partial charge >= 0.3 is 0 Å². The number of carbonyl (C=O) groups is 2. The summed E-state index contributed by atoms with van der Waals surface area (Å²) in [7, 11) is 0. The number of unbranched alkanes of at least 4 members (excludes halogenated alkanes) is 2. The minimum Gasteiger partial charge on any atom is -0.388 e. The van der Waals surface area contributed by atoms with E-state index in [2.05, 4.69) is 26.0 Å².